The van der Waals surface area contributed by atoms with E-state index in [4.69, 9.17) is 5.11 Å². The Morgan fingerprint density at radius 1 is 1.37 bits per heavy atom. The first-order valence-corrected chi connectivity index (χ1v) is 6.28. The highest BCUT2D eigenvalue weighted by molar-refractivity contribution is 5.64. The average Bonchev–Trinajstić information content (AvgIpc) is 2.66. The summed E-state index contributed by atoms with van der Waals surface area (Å²) in [6.45, 7) is 7.15. The summed E-state index contributed by atoms with van der Waals surface area (Å²) in [5.41, 5.74) is 1.75. The molecule has 19 heavy (non-hydrogen) atoms. The van der Waals surface area contributed by atoms with Crippen LogP contribution in [0.25, 0.3) is 0 Å². The molecule has 2 N–H and O–H groups in total. The zero-order valence-electron chi connectivity index (χ0n) is 11.4. The Balaban J connectivity index is 2.21. The van der Waals surface area contributed by atoms with Crippen molar-refractivity contribution in [2.24, 2.45) is 5.41 Å². The van der Waals surface area contributed by atoms with Crippen molar-refractivity contribution in [2.45, 2.75) is 40.0 Å². The molecule has 0 saturated carbocycles. The third-order valence-corrected chi connectivity index (χ3v) is 3.36. The van der Waals surface area contributed by atoms with E-state index in [0.717, 1.165) is 11.1 Å². The van der Waals surface area contributed by atoms with Gasteiger partial charge >= 0.3 is 6.09 Å². The standard InChI is InChI=1S/C14H19FN2O2/c1-14(2,3)12(16-13(18)19)17-7-9-4-5-11(15)6-10(9)8-17/h4-6,12,16H,7-8H2,1-3H3,(H,18,19). The van der Waals surface area contributed by atoms with Gasteiger partial charge in [0.2, 0.25) is 0 Å². The predicted octanol–water partition coefficient (Wildman–Crippen LogP) is 2.78. The van der Waals surface area contributed by atoms with E-state index in [-0.39, 0.29) is 17.4 Å². The molecule has 1 aromatic rings. The molecule has 1 aliphatic heterocycles. The smallest absolute Gasteiger partial charge is 0.405 e. The first kappa shape index (κ1) is 13.8. The number of nitrogens with zero attached hydrogens (tertiary/aromatic N) is 1. The Morgan fingerprint density at radius 3 is 2.58 bits per heavy atom. The van der Waals surface area contributed by atoms with Crippen molar-refractivity contribution in [3.63, 3.8) is 0 Å². The van der Waals surface area contributed by atoms with Gasteiger partial charge in [0.25, 0.3) is 0 Å². The van der Waals surface area contributed by atoms with Gasteiger partial charge in [0, 0.05) is 13.1 Å². The molecule has 0 spiro atoms. The molecule has 1 aliphatic rings. The molecule has 0 radical (unpaired) electrons. The molecule has 1 heterocycles. The maximum atomic E-state index is 13.2. The number of nitrogens with one attached hydrogen (secondary N) is 1. The first-order valence-electron chi connectivity index (χ1n) is 6.28. The second-order valence-corrected chi connectivity index (χ2v) is 6.04. The second-order valence-electron chi connectivity index (χ2n) is 6.04. The van der Waals surface area contributed by atoms with Crippen LogP contribution in [0.4, 0.5) is 9.18 Å². The van der Waals surface area contributed by atoms with Crippen LogP contribution in [0.15, 0.2) is 18.2 Å². The molecule has 1 atom stereocenters. The van der Waals surface area contributed by atoms with E-state index in [2.05, 4.69) is 5.32 Å². The van der Waals surface area contributed by atoms with Crippen molar-refractivity contribution < 1.29 is 14.3 Å². The Morgan fingerprint density at radius 2 is 2.00 bits per heavy atom. The molecule has 104 valence electrons. The number of hydrogen-bond acceptors (Lipinski definition) is 2. The van der Waals surface area contributed by atoms with Crippen LogP contribution in [0, 0.1) is 11.2 Å². The van der Waals surface area contributed by atoms with Crippen LogP contribution in [-0.4, -0.2) is 22.3 Å². The maximum absolute atomic E-state index is 13.2. The summed E-state index contributed by atoms with van der Waals surface area (Å²) >= 11 is 0. The van der Waals surface area contributed by atoms with E-state index in [9.17, 15) is 9.18 Å². The number of fused-ring (bicyclic) bond motifs is 1. The quantitative estimate of drug-likeness (QED) is 0.865. The molecule has 1 amide bonds. The number of carbonyl (C=O) groups is 1. The molecular formula is C14H19FN2O2. The van der Waals surface area contributed by atoms with Crippen molar-refractivity contribution in [3.05, 3.63) is 35.1 Å². The highest BCUT2D eigenvalue weighted by Gasteiger charge is 2.35. The SMILES string of the molecule is CC(C)(C)C(NC(=O)O)N1Cc2ccc(F)cc2C1. The lowest BCUT2D eigenvalue weighted by molar-refractivity contribution is 0.0666. The van der Waals surface area contributed by atoms with E-state index in [0.29, 0.717) is 13.1 Å². The van der Waals surface area contributed by atoms with Crippen molar-refractivity contribution in [2.75, 3.05) is 0 Å². The van der Waals surface area contributed by atoms with Crippen LogP contribution in [0.5, 0.6) is 0 Å². The Labute approximate surface area is 112 Å². The van der Waals surface area contributed by atoms with Gasteiger partial charge in [0.15, 0.2) is 0 Å². The van der Waals surface area contributed by atoms with E-state index < -0.39 is 6.09 Å². The minimum absolute atomic E-state index is 0.237. The molecule has 0 aromatic heterocycles. The molecule has 1 aromatic carbocycles. The van der Waals surface area contributed by atoms with Gasteiger partial charge in [-0.3, -0.25) is 4.90 Å². The van der Waals surface area contributed by atoms with Crippen LogP contribution in [0.3, 0.4) is 0 Å². The molecule has 0 bridgehead atoms. The molecule has 0 saturated heterocycles. The molecular weight excluding hydrogens is 247 g/mol. The molecule has 5 heteroatoms. The topological polar surface area (TPSA) is 52.6 Å². The van der Waals surface area contributed by atoms with Gasteiger partial charge in [0.1, 0.15) is 5.82 Å². The summed E-state index contributed by atoms with van der Waals surface area (Å²) in [5, 5.41) is 11.5. The summed E-state index contributed by atoms with van der Waals surface area (Å²) in [4.78, 5) is 13.0. The lowest BCUT2D eigenvalue weighted by Crippen LogP contribution is -2.53. The molecule has 2 rings (SSSR count). The third-order valence-electron chi connectivity index (χ3n) is 3.36. The predicted molar refractivity (Wildman–Crippen MR) is 70.1 cm³/mol. The highest BCUT2D eigenvalue weighted by Crippen LogP contribution is 2.31. The lowest BCUT2D eigenvalue weighted by Gasteiger charge is -2.37. The van der Waals surface area contributed by atoms with Crippen molar-refractivity contribution in [3.8, 4) is 0 Å². The Hall–Kier alpha value is -1.62. The highest BCUT2D eigenvalue weighted by atomic mass is 19.1. The van der Waals surface area contributed by atoms with E-state index >= 15 is 0 Å². The van der Waals surface area contributed by atoms with Crippen LogP contribution < -0.4 is 5.32 Å². The number of rotatable bonds is 2. The van der Waals surface area contributed by atoms with Crippen LogP contribution in [0.2, 0.25) is 0 Å². The Bertz CT molecular complexity index is 497. The fraction of sp³-hybridized carbons (Fsp3) is 0.500. The van der Waals surface area contributed by atoms with Crippen LogP contribution in [-0.2, 0) is 13.1 Å². The fourth-order valence-corrected chi connectivity index (χ4v) is 2.54. The van der Waals surface area contributed by atoms with Crippen molar-refractivity contribution >= 4 is 6.09 Å². The van der Waals surface area contributed by atoms with Gasteiger partial charge in [-0.15, -0.1) is 0 Å². The van der Waals surface area contributed by atoms with Gasteiger partial charge in [-0.25, -0.2) is 9.18 Å². The summed E-state index contributed by atoms with van der Waals surface area (Å²) in [7, 11) is 0. The number of halogens is 1. The van der Waals surface area contributed by atoms with Crippen molar-refractivity contribution in [1.29, 1.82) is 0 Å². The normalized spacial score (nSPS) is 17.1. The minimum Gasteiger partial charge on any atom is -0.465 e. The zero-order valence-corrected chi connectivity index (χ0v) is 11.4. The Kier molecular flexibility index (Phi) is 3.49. The molecule has 4 nitrogen and oxygen atoms in total. The monoisotopic (exact) mass is 266 g/mol. The van der Waals surface area contributed by atoms with Gasteiger partial charge in [-0.05, 0) is 28.7 Å². The summed E-state index contributed by atoms with van der Waals surface area (Å²) < 4.78 is 13.2. The lowest BCUT2D eigenvalue weighted by atomic mass is 9.91. The second kappa shape index (κ2) is 4.81. The maximum Gasteiger partial charge on any atom is 0.405 e. The van der Waals surface area contributed by atoms with E-state index in [1.54, 1.807) is 6.07 Å². The minimum atomic E-state index is -1.04. The summed E-state index contributed by atoms with van der Waals surface area (Å²) in [5.74, 6) is -0.251. The van der Waals surface area contributed by atoms with Gasteiger partial charge in [0.05, 0.1) is 6.17 Å². The van der Waals surface area contributed by atoms with Crippen LogP contribution in [0.1, 0.15) is 31.9 Å². The fourth-order valence-electron chi connectivity index (χ4n) is 2.54. The van der Waals surface area contributed by atoms with Crippen LogP contribution >= 0.6 is 0 Å². The first-order chi connectivity index (χ1) is 8.77. The number of amides is 1. The number of carboxylic acid groups (broad SMARTS) is 1. The molecule has 0 aliphatic carbocycles. The summed E-state index contributed by atoms with van der Waals surface area (Å²) in [6, 6.07) is 4.74. The van der Waals surface area contributed by atoms with Crippen molar-refractivity contribution in [1.82, 2.24) is 10.2 Å². The van der Waals surface area contributed by atoms with E-state index in [1.165, 1.54) is 12.1 Å². The van der Waals surface area contributed by atoms with Gasteiger partial charge < -0.3 is 10.4 Å². The molecule has 0 fully saturated rings. The number of benzene rings is 1. The number of hydrogen-bond donors (Lipinski definition) is 2. The summed E-state index contributed by atoms with van der Waals surface area (Å²) in [6.07, 6.45) is -1.34. The van der Waals surface area contributed by atoms with E-state index in [1.807, 2.05) is 25.7 Å². The third kappa shape index (κ3) is 3.04. The molecule has 1 unspecified atom stereocenters. The average molecular weight is 266 g/mol. The largest absolute Gasteiger partial charge is 0.465 e. The van der Waals surface area contributed by atoms with Gasteiger partial charge in [-0.1, -0.05) is 26.8 Å². The zero-order chi connectivity index (χ0) is 14.2. The van der Waals surface area contributed by atoms with Gasteiger partial charge in [-0.2, -0.15) is 0 Å².